The molecule has 2 saturated heterocycles. The number of hydrogen-bond acceptors (Lipinski definition) is 15. The summed E-state index contributed by atoms with van der Waals surface area (Å²) in [7, 11) is 0. The summed E-state index contributed by atoms with van der Waals surface area (Å²) in [4.78, 5) is 25.7. The van der Waals surface area contributed by atoms with Gasteiger partial charge < -0.3 is 64.2 Å². The molecule has 68 heavy (non-hydrogen) atoms. The summed E-state index contributed by atoms with van der Waals surface area (Å²) in [5.41, 5.74) is 0. The van der Waals surface area contributed by atoms with E-state index in [4.69, 9.17) is 28.4 Å². The van der Waals surface area contributed by atoms with Gasteiger partial charge in [-0.25, -0.2) is 0 Å². The Balaban J connectivity index is 1.84. The van der Waals surface area contributed by atoms with Gasteiger partial charge in [-0.3, -0.25) is 9.59 Å². The van der Waals surface area contributed by atoms with Gasteiger partial charge in [-0.05, 0) is 77.0 Å². The van der Waals surface area contributed by atoms with Crippen LogP contribution in [-0.2, 0) is 38.0 Å². The first kappa shape index (κ1) is 61.1. The molecule has 0 radical (unpaired) electrons. The van der Waals surface area contributed by atoms with Gasteiger partial charge in [0.25, 0.3) is 0 Å². The molecule has 0 aromatic rings. The Bertz CT molecular complexity index is 1460. The Morgan fingerprint density at radius 1 is 0.485 bits per heavy atom. The number of ether oxygens (including phenoxy) is 6. The number of rotatable bonds is 38. The monoisotopic (exact) mass is 965 g/mol. The predicted molar refractivity (Wildman–Crippen MR) is 261 cm³/mol. The van der Waals surface area contributed by atoms with Crippen LogP contribution in [0.5, 0.6) is 0 Å². The first-order chi connectivity index (χ1) is 33.0. The van der Waals surface area contributed by atoms with E-state index >= 15 is 0 Å². The number of unbranched alkanes of at least 4 members (excludes halogenated alkanes) is 13. The topological polar surface area (TPSA) is 231 Å². The number of hydrogen-bond donors (Lipinski definition) is 7. The van der Waals surface area contributed by atoms with E-state index in [0.29, 0.717) is 12.8 Å². The molecule has 2 fully saturated rings. The average Bonchev–Trinajstić information content (AvgIpc) is 3.33. The molecule has 15 nitrogen and oxygen atoms in total. The summed E-state index contributed by atoms with van der Waals surface area (Å²) in [5.74, 6) is -0.986. The van der Waals surface area contributed by atoms with Gasteiger partial charge in [0, 0.05) is 12.8 Å². The zero-order valence-electron chi connectivity index (χ0n) is 41.1. The van der Waals surface area contributed by atoms with Crippen LogP contribution in [0.15, 0.2) is 72.9 Å². The van der Waals surface area contributed by atoms with E-state index in [9.17, 15) is 45.3 Å². The van der Waals surface area contributed by atoms with Crippen LogP contribution in [0.1, 0.15) is 155 Å². The summed E-state index contributed by atoms with van der Waals surface area (Å²) in [6.45, 7) is 2.43. The van der Waals surface area contributed by atoms with Gasteiger partial charge in [-0.1, -0.05) is 138 Å². The minimum absolute atomic E-state index is 0.136. The zero-order chi connectivity index (χ0) is 49.6. The lowest BCUT2D eigenvalue weighted by Crippen LogP contribution is -2.61. The Hall–Kier alpha value is -3.06. The van der Waals surface area contributed by atoms with Crippen molar-refractivity contribution in [1.29, 1.82) is 0 Å². The van der Waals surface area contributed by atoms with Gasteiger partial charge in [-0.2, -0.15) is 0 Å². The number of carbonyl (C=O) groups is 2. The Kier molecular flexibility index (Phi) is 35.6. The Morgan fingerprint density at radius 3 is 1.54 bits per heavy atom. The lowest BCUT2D eigenvalue weighted by Gasteiger charge is -2.42. The molecule has 4 unspecified atom stereocenters. The Labute approximate surface area is 406 Å². The standard InChI is InChI=1S/C53H88O15/c1-3-5-7-9-11-13-15-17-19-20-22-23-25-27-29-31-33-35-44(55)63-38-41(66-45(56)36-34-32-30-28-26-24-21-18-16-14-12-10-8-6-4-2)39-64-52-51(62)49(60)47(58)43(68-52)40-65-53-50(61)48(59)46(57)42(37-54)67-53/h7,9,13-16,18-21,23,25,41-43,46-54,57-62H,3-6,8,10-12,17,22,24,26-40H2,1-2H3/b9-7+,15-13+,16-14+,20-19+,21-18+,25-23+/t41-,42+,43+,46-,47-,48?,49?,50?,51?,52+,53+/m0/s1. The van der Waals surface area contributed by atoms with Crippen molar-refractivity contribution in [2.24, 2.45) is 0 Å². The van der Waals surface area contributed by atoms with E-state index in [1.165, 1.54) is 32.1 Å². The Morgan fingerprint density at radius 2 is 0.956 bits per heavy atom. The third kappa shape index (κ3) is 27.4. The van der Waals surface area contributed by atoms with Crippen LogP contribution < -0.4 is 0 Å². The van der Waals surface area contributed by atoms with Crippen molar-refractivity contribution >= 4 is 11.9 Å². The zero-order valence-corrected chi connectivity index (χ0v) is 41.1. The van der Waals surface area contributed by atoms with Gasteiger partial charge in [0.1, 0.15) is 55.4 Å². The maximum Gasteiger partial charge on any atom is 0.306 e. The van der Waals surface area contributed by atoms with Crippen molar-refractivity contribution in [1.82, 2.24) is 0 Å². The molecule has 15 heteroatoms. The van der Waals surface area contributed by atoms with Crippen molar-refractivity contribution in [3.63, 3.8) is 0 Å². The fourth-order valence-electron chi connectivity index (χ4n) is 7.43. The number of esters is 2. The molecule has 2 aliphatic heterocycles. The van der Waals surface area contributed by atoms with Crippen LogP contribution in [-0.4, -0.2) is 142 Å². The maximum atomic E-state index is 13.0. The molecule has 0 spiro atoms. The molecule has 2 heterocycles. The molecule has 0 amide bonds. The second-order valence-electron chi connectivity index (χ2n) is 17.7. The van der Waals surface area contributed by atoms with Gasteiger partial charge in [-0.15, -0.1) is 0 Å². The van der Waals surface area contributed by atoms with E-state index in [0.717, 1.165) is 83.5 Å². The number of aliphatic hydroxyl groups is 7. The summed E-state index contributed by atoms with van der Waals surface area (Å²) in [6, 6.07) is 0. The smallest absolute Gasteiger partial charge is 0.306 e. The molecule has 2 rings (SSSR count). The molecule has 0 aromatic carbocycles. The first-order valence-electron chi connectivity index (χ1n) is 25.5. The van der Waals surface area contributed by atoms with Crippen LogP contribution in [0.2, 0.25) is 0 Å². The molecular formula is C53H88O15. The fraction of sp³-hybridized carbons (Fsp3) is 0.736. The highest BCUT2D eigenvalue weighted by Crippen LogP contribution is 2.26. The molecule has 7 N–H and O–H groups in total. The number of aliphatic hydroxyl groups excluding tert-OH is 7. The highest BCUT2D eigenvalue weighted by molar-refractivity contribution is 5.70. The van der Waals surface area contributed by atoms with E-state index in [-0.39, 0.29) is 19.4 Å². The van der Waals surface area contributed by atoms with Gasteiger partial charge in [0.05, 0.1) is 19.8 Å². The largest absolute Gasteiger partial charge is 0.462 e. The maximum absolute atomic E-state index is 13.0. The molecule has 0 aromatic heterocycles. The minimum Gasteiger partial charge on any atom is -0.462 e. The first-order valence-corrected chi connectivity index (χ1v) is 25.5. The molecule has 11 atom stereocenters. The summed E-state index contributed by atoms with van der Waals surface area (Å²) < 4.78 is 33.5. The van der Waals surface area contributed by atoms with Crippen LogP contribution in [0.4, 0.5) is 0 Å². The summed E-state index contributed by atoms with van der Waals surface area (Å²) in [6.07, 6.45) is 29.2. The number of carbonyl (C=O) groups excluding carboxylic acids is 2. The molecule has 0 bridgehead atoms. The van der Waals surface area contributed by atoms with E-state index < -0.39 is 99.3 Å². The minimum atomic E-state index is -1.78. The normalized spacial score (nSPS) is 26.4. The van der Waals surface area contributed by atoms with E-state index in [1.807, 2.05) is 0 Å². The molecule has 390 valence electrons. The molecule has 0 aliphatic carbocycles. The predicted octanol–water partition coefficient (Wildman–Crippen LogP) is 7.04. The van der Waals surface area contributed by atoms with Crippen molar-refractivity contribution < 1.29 is 73.8 Å². The molecule has 2 aliphatic rings. The highest BCUT2D eigenvalue weighted by Gasteiger charge is 2.47. The third-order valence-electron chi connectivity index (χ3n) is 11.7. The van der Waals surface area contributed by atoms with E-state index in [1.54, 1.807) is 0 Å². The fourth-order valence-corrected chi connectivity index (χ4v) is 7.43. The van der Waals surface area contributed by atoms with Gasteiger partial charge in [0.2, 0.25) is 0 Å². The second-order valence-corrected chi connectivity index (χ2v) is 17.7. The summed E-state index contributed by atoms with van der Waals surface area (Å²) >= 11 is 0. The van der Waals surface area contributed by atoms with E-state index in [2.05, 4.69) is 86.8 Å². The van der Waals surface area contributed by atoms with Crippen molar-refractivity contribution in [3.8, 4) is 0 Å². The van der Waals surface area contributed by atoms with Crippen LogP contribution in [0.3, 0.4) is 0 Å². The lowest BCUT2D eigenvalue weighted by atomic mass is 9.98. The summed E-state index contributed by atoms with van der Waals surface area (Å²) in [5, 5.41) is 72.1. The third-order valence-corrected chi connectivity index (χ3v) is 11.7. The van der Waals surface area contributed by atoms with Gasteiger partial charge in [0.15, 0.2) is 18.7 Å². The van der Waals surface area contributed by atoms with Crippen LogP contribution >= 0.6 is 0 Å². The molecular weight excluding hydrogens is 877 g/mol. The van der Waals surface area contributed by atoms with Crippen LogP contribution in [0, 0.1) is 0 Å². The van der Waals surface area contributed by atoms with Crippen molar-refractivity contribution in [2.75, 3.05) is 26.4 Å². The second kappa shape index (κ2) is 39.6. The van der Waals surface area contributed by atoms with Crippen molar-refractivity contribution in [2.45, 2.75) is 223 Å². The SMILES string of the molecule is CCC/C=C/C/C=C/C/C=C/C/C=C/CCCCCC(=O)OC[C@@H](CO[C@@H]1O[C@H](CO[C@@H]2O[C@H](CO)[C@H](O)C(O)C2O)[C@H](O)C(O)C1O)OC(=O)CCCCCCC/C=C/C=C/CCCCCC. The quantitative estimate of drug-likeness (QED) is 0.0142. The highest BCUT2D eigenvalue weighted by atomic mass is 16.7. The molecule has 0 saturated carbocycles. The lowest BCUT2D eigenvalue weighted by molar-refractivity contribution is -0.332. The number of allylic oxidation sites excluding steroid dienone is 12. The van der Waals surface area contributed by atoms with Gasteiger partial charge >= 0.3 is 11.9 Å². The van der Waals surface area contributed by atoms with Crippen molar-refractivity contribution in [3.05, 3.63) is 72.9 Å². The van der Waals surface area contributed by atoms with Crippen LogP contribution in [0.25, 0.3) is 0 Å². The average molecular weight is 965 g/mol.